The predicted octanol–water partition coefficient (Wildman–Crippen LogP) is 4.22. The van der Waals surface area contributed by atoms with E-state index < -0.39 is 23.8 Å². The number of anilines is 2. The minimum atomic E-state index is -4.62. The van der Waals surface area contributed by atoms with E-state index >= 15 is 0 Å². The molecule has 4 heterocycles. The van der Waals surface area contributed by atoms with Crippen molar-refractivity contribution in [2.24, 2.45) is 0 Å². The lowest BCUT2D eigenvalue weighted by Crippen LogP contribution is -2.42. The van der Waals surface area contributed by atoms with Gasteiger partial charge in [-0.1, -0.05) is 6.07 Å². The van der Waals surface area contributed by atoms with Crippen LogP contribution in [0.2, 0.25) is 0 Å². The molecule has 0 aliphatic carbocycles. The quantitative estimate of drug-likeness (QED) is 0.424. The first-order valence-electron chi connectivity index (χ1n) is 12.0. The Morgan fingerprint density at radius 2 is 1.92 bits per heavy atom. The molecule has 2 N–H and O–H groups in total. The summed E-state index contributed by atoms with van der Waals surface area (Å²) in [5, 5.41) is 11.1. The van der Waals surface area contributed by atoms with Crippen molar-refractivity contribution in [3.8, 4) is 5.82 Å². The van der Waals surface area contributed by atoms with Gasteiger partial charge in [0.05, 0.1) is 5.54 Å². The van der Waals surface area contributed by atoms with Crippen LogP contribution >= 0.6 is 0 Å². The van der Waals surface area contributed by atoms with Gasteiger partial charge in [-0.05, 0) is 70.8 Å². The van der Waals surface area contributed by atoms with Crippen LogP contribution in [0.4, 0.5) is 24.8 Å². The van der Waals surface area contributed by atoms with Gasteiger partial charge in [0.1, 0.15) is 11.9 Å². The topological polar surface area (TPSA) is 94.6 Å². The van der Waals surface area contributed by atoms with E-state index in [0.717, 1.165) is 23.3 Å². The van der Waals surface area contributed by atoms with E-state index in [0.29, 0.717) is 4.68 Å². The highest BCUT2D eigenvalue weighted by Crippen LogP contribution is 2.31. The predicted molar refractivity (Wildman–Crippen MR) is 134 cm³/mol. The zero-order valence-electron chi connectivity index (χ0n) is 21.3. The molecule has 0 radical (unpaired) electrons. The second-order valence-electron chi connectivity index (χ2n) is 10.8. The third-order valence-electron chi connectivity index (χ3n) is 6.48. The third kappa shape index (κ3) is 4.73. The largest absolute Gasteiger partial charge is 0.408 e. The van der Waals surface area contributed by atoms with Gasteiger partial charge in [-0.15, -0.1) is 0 Å². The second kappa shape index (κ2) is 8.44. The van der Waals surface area contributed by atoms with Crippen LogP contribution in [-0.4, -0.2) is 41.8 Å². The van der Waals surface area contributed by atoms with Crippen LogP contribution in [0, 0.1) is 0 Å². The number of halogens is 3. The first-order valence-corrected chi connectivity index (χ1v) is 12.0. The van der Waals surface area contributed by atoms with Crippen LogP contribution in [0.3, 0.4) is 0 Å². The van der Waals surface area contributed by atoms with E-state index in [1.54, 1.807) is 16.9 Å². The van der Waals surface area contributed by atoms with Crippen molar-refractivity contribution in [1.82, 2.24) is 34.4 Å². The molecule has 37 heavy (non-hydrogen) atoms. The van der Waals surface area contributed by atoms with Crippen molar-refractivity contribution in [2.75, 3.05) is 11.9 Å². The van der Waals surface area contributed by atoms with Gasteiger partial charge in [-0.3, -0.25) is 9.48 Å². The van der Waals surface area contributed by atoms with Gasteiger partial charge >= 0.3 is 6.18 Å². The number of fused-ring (bicyclic) bond motifs is 2. The molecule has 0 amide bonds. The van der Waals surface area contributed by atoms with Crippen molar-refractivity contribution in [2.45, 2.75) is 64.8 Å². The molecule has 12 heteroatoms. The minimum Gasteiger partial charge on any atom is -0.324 e. The van der Waals surface area contributed by atoms with Crippen molar-refractivity contribution in [3.63, 3.8) is 0 Å². The van der Waals surface area contributed by atoms with Crippen molar-refractivity contribution >= 4 is 22.7 Å². The molecule has 196 valence electrons. The average molecular weight is 515 g/mol. The highest BCUT2D eigenvalue weighted by Gasteiger charge is 2.33. The number of rotatable bonds is 4. The maximum atomic E-state index is 13.4. The normalized spacial score (nSPS) is 15.7. The summed E-state index contributed by atoms with van der Waals surface area (Å²) in [4.78, 5) is 21.7. The van der Waals surface area contributed by atoms with Crippen molar-refractivity contribution in [3.05, 3.63) is 58.1 Å². The summed E-state index contributed by atoms with van der Waals surface area (Å²) in [6.45, 7) is 9.37. The molecule has 5 rings (SSSR count). The van der Waals surface area contributed by atoms with Gasteiger partial charge in [0.25, 0.3) is 5.56 Å². The molecule has 1 aliphatic rings. The first-order chi connectivity index (χ1) is 17.2. The molecule has 1 aliphatic heterocycles. The van der Waals surface area contributed by atoms with Crippen LogP contribution in [0.1, 0.15) is 45.7 Å². The highest BCUT2D eigenvalue weighted by molar-refractivity contribution is 5.77. The molecule has 4 aromatic rings. The fraction of sp³-hybridized carbons (Fsp3) is 0.440. The number of hydrogen-bond acceptors (Lipinski definition) is 6. The molecule has 0 fully saturated rings. The number of aromatic nitrogens is 6. The van der Waals surface area contributed by atoms with E-state index in [2.05, 4.69) is 39.5 Å². The summed E-state index contributed by atoms with van der Waals surface area (Å²) < 4.78 is 43.7. The van der Waals surface area contributed by atoms with Gasteiger partial charge in [0, 0.05) is 29.7 Å². The Hall–Kier alpha value is -3.67. The molecule has 0 spiro atoms. The lowest BCUT2D eigenvalue weighted by Gasteiger charge is -2.34. The van der Waals surface area contributed by atoms with Gasteiger partial charge in [-0.25, -0.2) is 14.3 Å². The number of alkyl halides is 3. The lowest BCUT2D eigenvalue weighted by atomic mass is 9.85. The van der Waals surface area contributed by atoms with Gasteiger partial charge in [-0.2, -0.15) is 23.3 Å². The summed E-state index contributed by atoms with van der Waals surface area (Å²) in [5.41, 5.74) is 1.78. The molecule has 9 nitrogen and oxygen atoms in total. The zero-order valence-corrected chi connectivity index (χ0v) is 21.3. The number of benzene rings is 1. The van der Waals surface area contributed by atoms with Crippen LogP contribution in [0.25, 0.3) is 16.9 Å². The SMILES string of the molecule is CC1(C)NCCc2cc(Nc3ncc4c(=O)n(CC(F)(F)F)n(-c5ccn(C(C)(C)C)n5)c4n3)ccc21. The first kappa shape index (κ1) is 25.0. The summed E-state index contributed by atoms with van der Waals surface area (Å²) in [7, 11) is 0. The Morgan fingerprint density at radius 1 is 1.16 bits per heavy atom. The highest BCUT2D eigenvalue weighted by atomic mass is 19.4. The van der Waals surface area contributed by atoms with Crippen LogP contribution in [0.5, 0.6) is 0 Å². The Kier molecular flexibility index (Phi) is 5.70. The van der Waals surface area contributed by atoms with Crippen molar-refractivity contribution in [1.29, 1.82) is 0 Å². The van der Waals surface area contributed by atoms with E-state index in [9.17, 15) is 18.0 Å². The minimum absolute atomic E-state index is 0.0293. The van der Waals surface area contributed by atoms with E-state index in [1.807, 2.05) is 39.0 Å². The second-order valence-corrected chi connectivity index (χ2v) is 10.8. The van der Waals surface area contributed by atoms with E-state index in [4.69, 9.17) is 0 Å². The smallest absolute Gasteiger partial charge is 0.324 e. The number of nitrogens with zero attached hydrogens (tertiary/aromatic N) is 6. The maximum Gasteiger partial charge on any atom is 0.408 e. The Bertz CT molecular complexity index is 1540. The third-order valence-corrected chi connectivity index (χ3v) is 6.48. The van der Waals surface area contributed by atoms with Gasteiger partial charge in [0.2, 0.25) is 5.95 Å². The molecule has 0 bridgehead atoms. The summed E-state index contributed by atoms with van der Waals surface area (Å²) in [5.74, 6) is 0.313. The molecule has 3 aromatic heterocycles. The van der Waals surface area contributed by atoms with E-state index in [1.165, 1.54) is 17.3 Å². The van der Waals surface area contributed by atoms with Crippen molar-refractivity contribution < 1.29 is 13.2 Å². The fourth-order valence-electron chi connectivity index (χ4n) is 4.66. The zero-order chi connectivity index (χ0) is 26.8. The van der Waals surface area contributed by atoms with Gasteiger partial charge < -0.3 is 10.6 Å². The molecule has 0 saturated carbocycles. The average Bonchev–Trinajstić information content (AvgIpc) is 3.36. The standard InChI is InChI=1S/C25H29F3N8O/c1-23(2,3)35-11-9-19(33-35)36-20-17(21(37)34(36)14-25(26,27)28)13-29-22(32-20)31-16-6-7-18-15(12-16)8-10-30-24(18,4)5/h6-7,9,11-13,30H,8,10,14H2,1-5H3,(H,29,31,32). The fourth-order valence-corrected chi connectivity index (χ4v) is 4.66. The maximum absolute atomic E-state index is 13.4. The van der Waals surface area contributed by atoms with Crippen LogP contribution in [0.15, 0.2) is 41.5 Å². The molecule has 0 saturated heterocycles. The summed E-state index contributed by atoms with van der Waals surface area (Å²) >= 11 is 0. The monoisotopic (exact) mass is 514 g/mol. The molecule has 1 aromatic carbocycles. The molecular weight excluding hydrogens is 485 g/mol. The number of hydrogen-bond donors (Lipinski definition) is 2. The lowest BCUT2D eigenvalue weighted by molar-refractivity contribution is -0.144. The number of nitrogens with one attached hydrogen (secondary N) is 2. The Morgan fingerprint density at radius 3 is 2.59 bits per heavy atom. The van der Waals surface area contributed by atoms with Crippen LogP contribution < -0.4 is 16.2 Å². The van der Waals surface area contributed by atoms with E-state index in [-0.39, 0.29) is 28.3 Å². The van der Waals surface area contributed by atoms with Crippen LogP contribution in [-0.2, 0) is 24.0 Å². The Balaban J connectivity index is 1.60. The molecular formula is C25H29F3N8O. The Labute approximate surface area is 211 Å². The van der Waals surface area contributed by atoms with Gasteiger partial charge in [0.15, 0.2) is 11.5 Å². The molecule has 0 unspecified atom stereocenters. The molecule has 0 atom stereocenters. The summed E-state index contributed by atoms with van der Waals surface area (Å²) in [6.07, 6.45) is -0.844. The summed E-state index contributed by atoms with van der Waals surface area (Å²) in [6, 6.07) is 7.54.